The van der Waals surface area contributed by atoms with Crippen LogP contribution in [0.25, 0.3) is 0 Å². The Kier molecular flexibility index (Phi) is 8.20. The van der Waals surface area contributed by atoms with Gasteiger partial charge in [0, 0.05) is 11.2 Å². The maximum Gasteiger partial charge on any atom is 0.272 e. The molecule has 174 valence electrons. The number of hydrogen-bond donors (Lipinski definition) is 3. The highest BCUT2D eigenvalue weighted by Crippen LogP contribution is 2.29. The molecule has 2 rings (SSSR count). The first kappa shape index (κ1) is 25.1. The Hall–Kier alpha value is -3.14. The Morgan fingerprint density at radius 3 is 2.34 bits per heavy atom. The zero-order chi connectivity index (χ0) is 24.1. The van der Waals surface area contributed by atoms with Crippen molar-refractivity contribution in [1.82, 2.24) is 9.69 Å². The predicted molar refractivity (Wildman–Crippen MR) is 126 cm³/mol. The predicted octanol–water partition coefficient (Wildman–Crippen LogP) is 2.95. The summed E-state index contributed by atoms with van der Waals surface area (Å²) in [4.78, 5) is 39.3. The number of rotatable bonds is 9. The van der Waals surface area contributed by atoms with Gasteiger partial charge in [0.1, 0.15) is 16.7 Å². The van der Waals surface area contributed by atoms with E-state index in [9.17, 15) is 14.4 Å². The van der Waals surface area contributed by atoms with Crippen LogP contribution < -0.4 is 26.4 Å². The van der Waals surface area contributed by atoms with Crippen LogP contribution in [0, 0.1) is 0 Å². The molecular weight excluding hydrogens is 430 g/mol. The number of benzene rings is 1. The maximum absolute atomic E-state index is 13.5. The zero-order valence-electron chi connectivity index (χ0n) is 19.1. The van der Waals surface area contributed by atoms with E-state index < -0.39 is 23.4 Å². The van der Waals surface area contributed by atoms with Crippen LogP contribution in [-0.2, 0) is 4.79 Å². The molecule has 0 saturated heterocycles. The standard InChI is InChI=1S/C22H31N5O4S/c1-6-7-12-31-15-10-8-14(9-11-15)27(13(2)20(29)25-22(3,4)5)21(30)18-16(23)17(19(24)28)26-32-18/h8-11,13H,6-7,12,23H2,1-5H3,(H2,24,28)(H,25,29). The molecule has 10 heteroatoms. The van der Waals surface area contributed by atoms with Gasteiger partial charge in [0.2, 0.25) is 5.91 Å². The van der Waals surface area contributed by atoms with E-state index >= 15 is 0 Å². The molecule has 9 nitrogen and oxygen atoms in total. The summed E-state index contributed by atoms with van der Waals surface area (Å²) in [6.07, 6.45) is 1.95. The average Bonchev–Trinajstić information content (AvgIpc) is 3.09. The van der Waals surface area contributed by atoms with Crippen molar-refractivity contribution in [2.24, 2.45) is 5.73 Å². The van der Waals surface area contributed by atoms with Crippen molar-refractivity contribution >= 4 is 40.6 Å². The van der Waals surface area contributed by atoms with E-state index in [0.717, 1.165) is 24.4 Å². The van der Waals surface area contributed by atoms with E-state index in [-0.39, 0.29) is 22.2 Å². The Morgan fingerprint density at radius 1 is 1.22 bits per heavy atom. The fraction of sp³-hybridized carbons (Fsp3) is 0.455. The minimum absolute atomic E-state index is 0.0393. The van der Waals surface area contributed by atoms with Crippen LogP contribution in [0.2, 0.25) is 0 Å². The van der Waals surface area contributed by atoms with Gasteiger partial charge in [-0.05, 0) is 69.9 Å². The first-order chi connectivity index (χ1) is 15.0. The van der Waals surface area contributed by atoms with Crippen LogP contribution >= 0.6 is 11.5 Å². The second kappa shape index (κ2) is 10.4. The van der Waals surface area contributed by atoms with Crippen molar-refractivity contribution in [2.45, 2.75) is 59.0 Å². The van der Waals surface area contributed by atoms with Crippen molar-refractivity contribution < 1.29 is 19.1 Å². The minimum Gasteiger partial charge on any atom is -0.494 e. The lowest BCUT2D eigenvalue weighted by molar-refractivity contribution is -0.123. The number of primary amides is 1. The Morgan fingerprint density at radius 2 is 1.84 bits per heavy atom. The van der Waals surface area contributed by atoms with Gasteiger partial charge in [-0.3, -0.25) is 19.3 Å². The highest BCUT2D eigenvalue weighted by Gasteiger charge is 2.33. The van der Waals surface area contributed by atoms with E-state index in [1.807, 2.05) is 20.8 Å². The number of anilines is 2. The second-order valence-corrected chi connectivity index (χ2v) is 9.20. The summed E-state index contributed by atoms with van der Waals surface area (Å²) < 4.78 is 9.59. The lowest BCUT2D eigenvalue weighted by atomic mass is 10.1. The zero-order valence-corrected chi connectivity index (χ0v) is 19.9. The third-order valence-corrected chi connectivity index (χ3v) is 5.37. The Labute approximate surface area is 192 Å². The van der Waals surface area contributed by atoms with E-state index in [0.29, 0.717) is 18.0 Å². The number of amides is 3. The molecule has 0 bridgehead atoms. The molecule has 1 atom stereocenters. The van der Waals surface area contributed by atoms with Crippen LogP contribution in [0.15, 0.2) is 24.3 Å². The van der Waals surface area contributed by atoms with E-state index in [2.05, 4.69) is 16.6 Å². The number of nitrogens with one attached hydrogen (secondary N) is 1. The molecule has 5 N–H and O–H groups in total. The molecule has 1 heterocycles. The molecule has 1 unspecified atom stereocenters. The summed E-state index contributed by atoms with van der Waals surface area (Å²) in [5.41, 5.74) is 11.0. The normalized spacial score (nSPS) is 12.2. The van der Waals surface area contributed by atoms with Gasteiger partial charge >= 0.3 is 0 Å². The monoisotopic (exact) mass is 461 g/mol. The summed E-state index contributed by atoms with van der Waals surface area (Å²) in [7, 11) is 0. The Bertz CT molecular complexity index is 966. The molecule has 0 aliphatic carbocycles. The summed E-state index contributed by atoms with van der Waals surface area (Å²) >= 11 is 0.771. The molecule has 1 aromatic heterocycles. The van der Waals surface area contributed by atoms with Gasteiger partial charge in [-0.2, -0.15) is 4.37 Å². The van der Waals surface area contributed by atoms with E-state index in [1.54, 1.807) is 31.2 Å². The van der Waals surface area contributed by atoms with Crippen LogP contribution in [0.5, 0.6) is 5.75 Å². The quantitative estimate of drug-likeness (QED) is 0.490. The lowest BCUT2D eigenvalue weighted by Crippen LogP contribution is -2.52. The number of unbranched alkanes of at least 4 members (excludes halogenated alkanes) is 1. The molecule has 0 radical (unpaired) electrons. The topological polar surface area (TPSA) is 141 Å². The van der Waals surface area contributed by atoms with Crippen LogP contribution in [0.4, 0.5) is 11.4 Å². The first-order valence-corrected chi connectivity index (χ1v) is 11.2. The molecule has 3 amide bonds. The molecule has 1 aromatic carbocycles. The highest BCUT2D eigenvalue weighted by molar-refractivity contribution is 7.09. The van der Waals surface area contributed by atoms with E-state index in [1.165, 1.54) is 4.90 Å². The van der Waals surface area contributed by atoms with Gasteiger partial charge in [0.25, 0.3) is 11.8 Å². The number of carbonyl (C=O) groups excluding carboxylic acids is 3. The number of hydrogen-bond acceptors (Lipinski definition) is 7. The van der Waals surface area contributed by atoms with E-state index in [4.69, 9.17) is 16.2 Å². The lowest BCUT2D eigenvalue weighted by Gasteiger charge is -2.31. The largest absolute Gasteiger partial charge is 0.494 e. The molecule has 2 aromatic rings. The maximum atomic E-state index is 13.5. The fourth-order valence-electron chi connectivity index (χ4n) is 2.88. The number of aromatic nitrogens is 1. The molecule has 0 saturated carbocycles. The summed E-state index contributed by atoms with van der Waals surface area (Å²) in [6, 6.07) is 6.01. The van der Waals surface area contributed by atoms with Crippen molar-refractivity contribution in [2.75, 3.05) is 17.2 Å². The fourth-order valence-corrected chi connectivity index (χ4v) is 3.63. The molecule has 32 heavy (non-hydrogen) atoms. The van der Waals surface area contributed by atoms with Crippen LogP contribution in [0.3, 0.4) is 0 Å². The van der Waals surface area contributed by atoms with Crippen LogP contribution in [0.1, 0.15) is 67.6 Å². The minimum atomic E-state index is -0.868. The number of nitrogens with zero attached hydrogens (tertiary/aromatic N) is 2. The smallest absolute Gasteiger partial charge is 0.272 e. The van der Waals surface area contributed by atoms with Gasteiger partial charge < -0.3 is 21.5 Å². The number of nitrogens with two attached hydrogens (primary N) is 2. The molecule has 0 aliphatic rings. The third-order valence-electron chi connectivity index (χ3n) is 4.52. The van der Waals surface area contributed by atoms with Crippen molar-refractivity contribution in [3.8, 4) is 5.75 Å². The third kappa shape index (κ3) is 6.19. The number of carbonyl (C=O) groups is 3. The molecule has 0 fully saturated rings. The number of ether oxygens (including phenoxy) is 1. The second-order valence-electron chi connectivity index (χ2n) is 8.42. The average molecular weight is 462 g/mol. The summed E-state index contributed by atoms with van der Waals surface area (Å²) in [6.45, 7) is 9.85. The van der Waals surface area contributed by atoms with Crippen molar-refractivity contribution in [1.29, 1.82) is 0 Å². The highest BCUT2D eigenvalue weighted by atomic mass is 32.1. The van der Waals surface area contributed by atoms with Gasteiger partial charge in [-0.15, -0.1) is 0 Å². The van der Waals surface area contributed by atoms with Crippen molar-refractivity contribution in [3.05, 3.63) is 34.8 Å². The van der Waals surface area contributed by atoms with Gasteiger partial charge in [-0.25, -0.2) is 0 Å². The SMILES string of the molecule is CCCCOc1ccc(N(C(=O)c2snc(C(N)=O)c2N)C(C)C(=O)NC(C)(C)C)cc1. The Balaban J connectivity index is 2.42. The van der Waals surface area contributed by atoms with Crippen molar-refractivity contribution in [3.63, 3.8) is 0 Å². The summed E-state index contributed by atoms with van der Waals surface area (Å²) in [5.74, 6) is -1.05. The van der Waals surface area contributed by atoms with Gasteiger partial charge in [0.15, 0.2) is 5.69 Å². The molecule has 0 aliphatic heterocycles. The first-order valence-electron chi connectivity index (χ1n) is 10.4. The van der Waals surface area contributed by atoms with Crippen LogP contribution in [-0.4, -0.2) is 40.3 Å². The number of nitrogen functional groups attached to an aromatic ring is 1. The summed E-state index contributed by atoms with van der Waals surface area (Å²) in [5, 5.41) is 2.88. The van der Waals surface area contributed by atoms with Gasteiger partial charge in [0.05, 0.1) is 12.3 Å². The van der Waals surface area contributed by atoms with Gasteiger partial charge in [-0.1, -0.05) is 13.3 Å². The molecular formula is C22H31N5O4S. The molecule has 0 spiro atoms.